The summed E-state index contributed by atoms with van der Waals surface area (Å²) in [4.78, 5) is 31.3. The van der Waals surface area contributed by atoms with Crippen molar-refractivity contribution in [3.05, 3.63) is 327 Å². The van der Waals surface area contributed by atoms with Crippen LogP contribution in [0.1, 0.15) is 11.1 Å². The lowest BCUT2D eigenvalue weighted by Crippen LogP contribution is -2.02. The number of nitrogens with zero attached hydrogens (tertiary/aromatic N) is 10. The van der Waals surface area contributed by atoms with Gasteiger partial charge in [0.25, 0.3) is 0 Å². The fraction of sp³-hybridized carbons (Fsp3) is 0. The molecule has 0 unspecified atom stereocenters. The van der Waals surface area contributed by atoms with Crippen LogP contribution in [0, 0.1) is 22.7 Å². The summed E-state index contributed by atoms with van der Waals surface area (Å²) in [5.41, 5.74) is 20.4. The highest BCUT2D eigenvalue weighted by atomic mass is 15.0. The van der Waals surface area contributed by atoms with Gasteiger partial charge in [0.1, 0.15) is 0 Å². The number of hydrogen-bond acceptors (Lipinski definition) is 8. The molecule has 0 amide bonds. The number of nitriles is 2. The quantitative estimate of drug-likeness (QED) is 0.118. The SMILES string of the molecule is N#Cc1ccc(-c2ccc3c(c2)c2ccccc2n3-c2ccc(-c3nc(-c4ccccc4)nc(-c4ccccc4)n3)cc2-c2cccc(-c3cc(-c4nc(-c5ccccc5)nc(-c5ccccc5)n4)ccc3-n3c4ccccc4c4cc(-c5ccc(C#N)cc5)ccc43)c2)cc1. The van der Waals surface area contributed by atoms with Crippen molar-refractivity contribution >= 4 is 43.6 Å². The second-order valence-corrected chi connectivity index (χ2v) is 23.7. The van der Waals surface area contributed by atoms with E-state index in [9.17, 15) is 10.5 Å². The maximum absolute atomic E-state index is 9.68. The van der Waals surface area contributed by atoms with E-state index in [4.69, 9.17) is 29.9 Å². The lowest BCUT2D eigenvalue weighted by molar-refractivity contribution is 1.07. The Morgan fingerprint density at radius 2 is 0.500 bits per heavy atom. The topological polar surface area (TPSA) is 135 Å². The highest BCUT2D eigenvalue weighted by molar-refractivity contribution is 6.12. The van der Waals surface area contributed by atoms with Gasteiger partial charge in [-0.1, -0.05) is 212 Å². The summed E-state index contributed by atoms with van der Waals surface area (Å²) in [7, 11) is 0. The minimum absolute atomic E-state index is 0.534. The van der Waals surface area contributed by atoms with Gasteiger partial charge in [-0.25, -0.2) is 29.9 Å². The van der Waals surface area contributed by atoms with E-state index in [0.717, 1.165) is 133 Å². The Hall–Kier alpha value is -13.5. The molecule has 0 bridgehead atoms. The number of aromatic nitrogens is 8. The first-order valence-corrected chi connectivity index (χ1v) is 31.7. The maximum Gasteiger partial charge on any atom is 0.164 e. The molecule has 4 heterocycles. The van der Waals surface area contributed by atoms with Crippen molar-refractivity contribution in [3.8, 4) is 136 Å². The molecule has 10 heteroatoms. The van der Waals surface area contributed by atoms with Gasteiger partial charge >= 0.3 is 0 Å². The second kappa shape index (κ2) is 23.9. The fourth-order valence-electron chi connectivity index (χ4n) is 13.2. The predicted molar refractivity (Wildman–Crippen MR) is 386 cm³/mol. The second-order valence-electron chi connectivity index (χ2n) is 23.7. The molecule has 96 heavy (non-hydrogen) atoms. The zero-order valence-corrected chi connectivity index (χ0v) is 51.5. The van der Waals surface area contributed by atoms with Crippen LogP contribution in [-0.2, 0) is 0 Å². The molecule has 0 atom stereocenters. The van der Waals surface area contributed by atoms with Crippen LogP contribution >= 0.6 is 0 Å². The molecule has 0 radical (unpaired) electrons. The molecule has 4 aromatic heterocycles. The average molecular weight is 1230 g/mol. The van der Waals surface area contributed by atoms with Gasteiger partial charge in [-0.15, -0.1) is 0 Å². The van der Waals surface area contributed by atoms with Crippen molar-refractivity contribution in [1.29, 1.82) is 10.5 Å². The van der Waals surface area contributed by atoms with E-state index in [-0.39, 0.29) is 0 Å². The fourth-order valence-corrected chi connectivity index (χ4v) is 13.2. The summed E-state index contributed by atoms with van der Waals surface area (Å²) in [5.74, 6) is 3.35. The molecule has 17 rings (SSSR count). The Balaban J connectivity index is 0.911. The molecule has 0 fully saturated rings. The standard InChI is InChI=1S/C86H52N10/c87-53-55-32-36-57(37-33-55)63-40-44-79-73(49-63)69-28-13-15-30-75(69)95(79)77-46-42-67(85-91-81(59-18-5-1-6-19-59)89-82(92-85)60-20-7-2-8-21-60)51-71(77)65-26-17-27-66(48-65)72-52-68(86-93-83(61-22-9-3-10-23-61)90-84(94-86)62-24-11-4-12-25-62)43-47-78(72)96-76-31-16-14-29-70(76)74-50-64(41-45-80(74)96)58-38-34-56(54-88)35-39-58/h1-52H. The predicted octanol–water partition coefficient (Wildman–Crippen LogP) is 20.7. The smallest absolute Gasteiger partial charge is 0.164 e. The molecule has 0 aliphatic heterocycles. The molecule has 0 aliphatic carbocycles. The maximum atomic E-state index is 9.68. The molecule has 17 aromatic rings. The summed E-state index contributed by atoms with van der Waals surface area (Å²) < 4.78 is 4.76. The molecular formula is C86H52N10. The van der Waals surface area contributed by atoms with Crippen molar-refractivity contribution < 1.29 is 0 Å². The van der Waals surface area contributed by atoms with E-state index in [2.05, 4.69) is 167 Å². The number of rotatable bonds is 12. The third kappa shape index (κ3) is 10.3. The highest BCUT2D eigenvalue weighted by Gasteiger charge is 2.24. The summed E-state index contributed by atoms with van der Waals surface area (Å²) in [6, 6.07) is 113. The third-order valence-electron chi connectivity index (χ3n) is 17.9. The Labute approximate surface area is 553 Å². The van der Waals surface area contributed by atoms with E-state index in [1.54, 1.807) is 0 Å². The van der Waals surface area contributed by atoms with Crippen molar-refractivity contribution in [1.82, 2.24) is 39.0 Å². The highest BCUT2D eigenvalue weighted by Crippen LogP contribution is 2.44. The summed E-state index contributed by atoms with van der Waals surface area (Å²) in [6.07, 6.45) is 0. The molecule has 0 aliphatic rings. The van der Waals surface area contributed by atoms with Crippen LogP contribution in [0.2, 0.25) is 0 Å². The van der Waals surface area contributed by atoms with Crippen molar-refractivity contribution in [2.75, 3.05) is 0 Å². The molecule has 13 aromatic carbocycles. The van der Waals surface area contributed by atoms with Crippen LogP contribution in [0.15, 0.2) is 315 Å². The van der Waals surface area contributed by atoms with Gasteiger partial charge in [-0.05, 0) is 137 Å². The molecule has 0 saturated carbocycles. The average Bonchev–Trinajstić information content (AvgIpc) is 1.57. The van der Waals surface area contributed by atoms with Gasteiger partial charge in [0.15, 0.2) is 34.9 Å². The molecule has 446 valence electrons. The van der Waals surface area contributed by atoms with Crippen LogP contribution in [0.4, 0.5) is 0 Å². The zero-order valence-electron chi connectivity index (χ0n) is 51.5. The molecule has 0 spiro atoms. The van der Waals surface area contributed by atoms with E-state index in [0.29, 0.717) is 46.1 Å². The van der Waals surface area contributed by atoms with E-state index >= 15 is 0 Å². The van der Waals surface area contributed by atoms with Gasteiger partial charge in [-0.3, -0.25) is 0 Å². The number of benzene rings is 13. The zero-order chi connectivity index (χ0) is 64.1. The molecule has 0 N–H and O–H groups in total. The molecular weight excluding hydrogens is 1170 g/mol. The minimum atomic E-state index is 0.534. The Bertz CT molecular complexity index is 5470. The van der Waals surface area contributed by atoms with Crippen LogP contribution in [-0.4, -0.2) is 39.0 Å². The van der Waals surface area contributed by atoms with E-state index in [1.165, 1.54) is 0 Å². The van der Waals surface area contributed by atoms with Crippen LogP contribution < -0.4 is 0 Å². The van der Waals surface area contributed by atoms with Crippen molar-refractivity contribution in [2.45, 2.75) is 0 Å². The van der Waals surface area contributed by atoms with Gasteiger partial charge < -0.3 is 9.13 Å². The van der Waals surface area contributed by atoms with Crippen molar-refractivity contribution in [2.24, 2.45) is 0 Å². The van der Waals surface area contributed by atoms with Gasteiger partial charge in [0.2, 0.25) is 0 Å². The third-order valence-corrected chi connectivity index (χ3v) is 17.9. The number of fused-ring (bicyclic) bond motifs is 6. The lowest BCUT2D eigenvalue weighted by Gasteiger charge is -2.19. The van der Waals surface area contributed by atoms with Crippen LogP contribution in [0.5, 0.6) is 0 Å². The van der Waals surface area contributed by atoms with Gasteiger partial charge in [-0.2, -0.15) is 10.5 Å². The van der Waals surface area contributed by atoms with Crippen LogP contribution in [0.25, 0.3) is 168 Å². The van der Waals surface area contributed by atoms with Gasteiger partial charge in [0, 0.05) is 66.1 Å². The Morgan fingerprint density at radius 1 is 0.208 bits per heavy atom. The summed E-state index contributed by atoms with van der Waals surface area (Å²) in [6.45, 7) is 0. The summed E-state index contributed by atoms with van der Waals surface area (Å²) >= 11 is 0. The first-order valence-electron chi connectivity index (χ1n) is 31.7. The van der Waals surface area contributed by atoms with Gasteiger partial charge in [0.05, 0.1) is 56.7 Å². The molecule has 10 nitrogen and oxygen atoms in total. The van der Waals surface area contributed by atoms with E-state index < -0.39 is 0 Å². The molecule has 0 saturated heterocycles. The lowest BCUT2D eigenvalue weighted by atomic mass is 9.94. The number of hydrogen-bond donors (Lipinski definition) is 0. The minimum Gasteiger partial charge on any atom is -0.309 e. The first-order chi connectivity index (χ1) is 47.5. The van der Waals surface area contributed by atoms with E-state index in [1.807, 2.05) is 170 Å². The Morgan fingerprint density at radius 3 is 0.854 bits per heavy atom. The largest absolute Gasteiger partial charge is 0.309 e. The summed E-state index contributed by atoms with van der Waals surface area (Å²) in [5, 5.41) is 23.7. The normalized spacial score (nSPS) is 11.3. The van der Waals surface area contributed by atoms with Crippen molar-refractivity contribution in [3.63, 3.8) is 0 Å². The van der Waals surface area contributed by atoms with Crippen LogP contribution in [0.3, 0.4) is 0 Å². The Kier molecular flexibility index (Phi) is 14.1. The number of para-hydroxylation sites is 2. The monoisotopic (exact) mass is 1220 g/mol. The first kappa shape index (κ1) is 56.4.